The van der Waals surface area contributed by atoms with E-state index in [1.807, 2.05) is 0 Å². The predicted octanol–water partition coefficient (Wildman–Crippen LogP) is 2.14. The summed E-state index contributed by atoms with van der Waals surface area (Å²) in [6, 6.07) is 6.27. The van der Waals surface area contributed by atoms with Crippen LogP contribution in [0, 0.1) is 0 Å². The van der Waals surface area contributed by atoms with Crippen LogP contribution in [-0.2, 0) is 11.3 Å². The van der Waals surface area contributed by atoms with Crippen LogP contribution in [0.5, 0.6) is 0 Å². The fourth-order valence-corrected chi connectivity index (χ4v) is 2.57. The van der Waals surface area contributed by atoms with Crippen LogP contribution in [0.25, 0.3) is 0 Å². The first-order valence-electron chi connectivity index (χ1n) is 7.42. The molecule has 1 aliphatic rings. The first-order valence-corrected chi connectivity index (χ1v) is 7.42. The van der Waals surface area contributed by atoms with Crippen molar-refractivity contribution in [1.29, 1.82) is 0 Å². The molecule has 3 N–H and O–H groups in total. The van der Waals surface area contributed by atoms with Crippen LogP contribution in [0.4, 0.5) is 4.79 Å². The van der Waals surface area contributed by atoms with Crippen LogP contribution < -0.4 is 10.6 Å². The Morgan fingerprint density at radius 1 is 1.27 bits per heavy atom. The molecule has 0 atom stereocenters. The maximum atomic E-state index is 12.0. The molecule has 0 aromatic heterocycles. The number of hydrogen-bond donors (Lipinski definition) is 3. The Labute approximate surface area is 129 Å². The van der Waals surface area contributed by atoms with Gasteiger partial charge in [-0.05, 0) is 43.4 Å². The summed E-state index contributed by atoms with van der Waals surface area (Å²) in [7, 11) is 1.66. The molecule has 0 radical (unpaired) electrons. The number of methoxy groups -OCH3 is 1. The van der Waals surface area contributed by atoms with Crippen molar-refractivity contribution in [2.45, 2.75) is 37.8 Å². The number of nitrogens with one attached hydrogen (secondary N) is 2. The Hall–Kier alpha value is -2.08. The standard InChI is InChI=1S/C16H22N2O4/c1-22-10-9-16(7-2-8-16)18-15(21)17-11-12-3-5-13(6-4-12)14(19)20/h3-6H,2,7-11H2,1H3,(H,19,20)(H2,17,18,21). The number of carbonyl (C=O) groups excluding carboxylic acids is 1. The summed E-state index contributed by atoms with van der Waals surface area (Å²) < 4.78 is 5.09. The largest absolute Gasteiger partial charge is 0.478 e. The van der Waals surface area contributed by atoms with E-state index >= 15 is 0 Å². The lowest BCUT2D eigenvalue weighted by Crippen LogP contribution is -2.56. The van der Waals surface area contributed by atoms with Crippen molar-refractivity contribution in [3.05, 3.63) is 35.4 Å². The summed E-state index contributed by atoms with van der Waals surface area (Å²) in [5.41, 5.74) is 0.966. The molecule has 0 unspecified atom stereocenters. The molecule has 1 aromatic carbocycles. The van der Waals surface area contributed by atoms with Crippen molar-refractivity contribution in [3.8, 4) is 0 Å². The lowest BCUT2D eigenvalue weighted by molar-refractivity contribution is 0.0696. The third kappa shape index (κ3) is 4.21. The zero-order chi connectivity index (χ0) is 16.0. The van der Waals surface area contributed by atoms with E-state index in [0.29, 0.717) is 13.2 Å². The number of urea groups is 1. The van der Waals surface area contributed by atoms with Gasteiger partial charge in [0, 0.05) is 25.8 Å². The Morgan fingerprint density at radius 2 is 1.95 bits per heavy atom. The molecule has 2 amide bonds. The molecule has 2 rings (SSSR count). The highest BCUT2D eigenvalue weighted by atomic mass is 16.5. The lowest BCUT2D eigenvalue weighted by atomic mass is 9.74. The number of carboxylic acid groups (broad SMARTS) is 1. The van der Waals surface area contributed by atoms with Gasteiger partial charge in [-0.15, -0.1) is 0 Å². The Morgan fingerprint density at radius 3 is 2.45 bits per heavy atom. The van der Waals surface area contributed by atoms with Crippen LogP contribution in [0.15, 0.2) is 24.3 Å². The van der Waals surface area contributed by atoms with E-state index in [1.165, 1.54) is 12.1 Å². The molecule has 0 aliphatic heterocycles. The normalized spacial score (nSPS) is 15.7. The van der Waals surface area contributed by atoms with Crippen molar-refractivity contribution < 1.29 is 19.4 Å². The third-order valence-electron chi connectivity index (χ3n) is 4.13. The number of ether oxygens (including phenoxy) is 1. The SMILES string of the molecule is COCCC1(NC(=O)NCc2ccc(C(=O)O)cc2)CCC1. The summed E-state index contributed by atoms with van der Waals surface area (Å²) in [5, 5.41) is 14.7. The van der Waals surface area contributed by atoms with Crippen molar-refractivity contribution in [3.63, 3.8) is 0 Å². The van der Waals surface area contributed by atoms with Crippen molar-refractivity contribution in [2.24, 2.45) is 0 Å². The molecular formula is C16H22N2O4. The number of hydrogen-bond acceptors (Lipinski definition) is 3. The minimum Gasteiger partial charge on any atom is -0.478 e. The van der Waals surface area contributed by atoms with E-state index in [2.05, 4.69) is 10.6 Å². The number of carbonyl (C=O) groups is 2. The molecule has 22 heavy (non-hydrogen) atoms. The van der Waals surface area contributed by atoms with Gasteiger partial charge < -0.3 is 20.5 Å². The Bertz CT molecular complexity index is 523. The quantitative estimate of drug-likeness (QED) is 0.720. The number of carboxylic acids is 1. The smallest absolute Gasteiger partial charge is 0.335 e. The molecule has 6 heteroatoms. The highest BCUT2D eigenvalue weighted by molar-refractivity contribution is 5.87. The first-order chi connectivity index (χ1) is 10.5. The highest BCUT2D eigenvalue weighted by Gasteiger charge is 2.37. The van der Waals surface area contributed by atoms with Gasteiger partial charge in [-0.2, -0.15) is 0 Å². The van der Waals surface area contributed by atoms with Gasteiger partial charge in [0.2, 0.25) is 0 Å². The summed E-state index contributed by atoms with van der Waals surface area (Å²) in [4.78, 5) is 22.8. The highest BCUT2D eigenvalue weighted by Crippen LogP contribution is 2.34. The van der Waals surface area contributed by atoms with Crippen LogP contribution >= 0.6 is 0 Å². The van der Waals surface area contributed by atoms with Gasteiger partial charge in [0.15, 0.2) is 0 Å². The minimum atomic E-state index is -0.956. The Balaban J connectivity index is 1.80. The minimum absolute atomic E-state index is 0.132. The first kappa shape index (κ1) is 16.3. The second-order valence-electron chi connectivity index (χ2n) is 5.69. The van der Waals surface area contributed by atoms with E-state index < -0.39 is 5.97 Å². The fourth-order valence-electron chi connectivity index (χ4n) is 2.57. The van der Waals surface area contributed by atoms with E-state index in [0.717, 1.165) is 31.2 Å². The average Bonchev–Trinajstić information content (AvgIpc) is 2.48. The molecule has 1 aromatic rings. The zero-order valence-electron chi connectivity index (χ0n) is 12.7. The van der Waals surface area contributed by atoms with Crippen LogP contribution in [0.2, 0.25) is 0 Å². The van der Waals surface area contributed by atoms with Gasteiger partial charge in [0.25, 0.3) is 0 Å². The van der Waals surface area contributed by atoms with Crippen molar-refractivity contribution in [2.75, 3.05) is 13.7 Å². The van der Waals surface area contributed by atoms with Crippen LogP contribution in [0.3, 0.4) is 0 Å². The average molecular weight is 306 g/mol. The summed E-state index contributed by atoms with van der Waals surface area (Å²) in [5.74, 6) is -0.956. The number of amides is 2. The van der Waals surface area contributed by atoms with E-state index in [9.17, 15) is 9.59 Å². The molecule has 1 aliphatic carbocycles. The van der Waals surface area contributed by atoms with Crippen molar-refractivity contribution >= 4 is 12.0 Å². The van der Waals surface area contributed by atoms with E-state index in [4.69, 9.17) is 9.84 Å². The van der Waals surface area contributed by atoms with Gasteiger partial charge in [-0.1, -0.05) is 12.1 Å². The molecule has 1 saturated carbocycles. The van der Waals surface area contributed by atoms with Crippen LogP contribution in [-0.4, -0.2) is 36.4 Å². The fraction of sp³-hybridized carbons (Fsp3) is 0.500. The zero-order valence-corrected chi connectivity index (χ0v) is 12.7. The van der Waals surface area contributed by atoms with Crippen molar-refractivity contribution in [1.82, 2.24) is 10.6 Å². The maximum Gasteiger partial charge on any atom is 0.335 e. The number of aromatic carboxylic acids is 1. The molecule has 0 saturated heterocycles. The summed E-state index contributed by atoms with van der Waals surface area (Å²) in [6.45, 7) is 1.00. The predicted molar refractivity (Wildman–Crippen MR) is 81.8 cm³/mol. The van der Waals surface area contributed by atoms with Crippen LogP contribution in [0.1, 0.15) is 41.6 Å². The topological polar surface area (TPSA) is 87.7 Å². The molecular weight excluding hydrogens is 284 g/mol. The summed E-state index contributed by atoms with van der Waals surface area (Å²) >= 11 is 0. The monoisotopic (exact) mass is 306 g/mol. The lowest BCUT2D eigenvalue weighted by Gasteiger charge is -2.42. The molecule has 0 spiro atoms. The maximum absolute atomic E-state index is 12.0. The molecule has 6 nitrogen and oxygen atoms in total. The van der Waals surface area contributed by atoms with Gasteiger partial charge >= 0.3 is 12.0 Å². The van der Waals surface area contributed by atoms with Gasteiger partial charge in [0.1, 0.15) is 0 Å². The molecule has 0 heterocycles. The number of benzene rings is 1. The molecule has 0 bridgehead atoms. The second kappa shape index (κ2) is 7.26. The second-order valence-corrected chi connectivity index (χ2v) is 5.69. The van der Waals surface area contributed by atoms with E-state index in [-0.39, 0.29) is 17.1 Å². The summed E-state index contributed by atoms with van der Waals surface area (Å²) in [6.07, 6.45) is 3.92. The van der Waals surface area contributed by atoms with E-state index in [1.54, 1.807) is 19.2 Å². The molecule has 1 fully saturated rings. The van der Waals surface area contributed by atoms with Gasteiger partial charge in [-0.3, -0.25) is 0 Å². The Kier molecular flexibility index (Phi) is 5.38. The molecule has 120 valence electrons. The van der Waals surface area contributed by atoms with Gasteiger partial charge in [0.05, 0.1) is 5.56 Å². The van der Waals surface area contributed by atoms with Gasteiger partial charge in [-0.25, -0.2) is 9.59 Å². The third-order valence-corrected chi connectivity index (χ3v) is 4.13. The number of rotatable bonds is 7.